The SMILES string of the molecule is COc1cncc(O[C@@H]2CCC[C@H](N)C2)c1-c1cc(Nc2cnc(C#N)cn2)n[nH]1. The van der Waals surface area contributed by atoms with Gasteiger partial charge in [0, 0.05) is 12.1 Å². The Morgan fingerprint density at radius 1 is 1.17 bits per heavy atom. The van der Waals surface area contributed by atoms with E-state index in [0.717, 1.165) is 31.2 Å². The molecule has 3 heterocycles. The lowest BCUT2D eigenvalue weighted by molar-refractivity contribution is 0.144. The number of nitrogens with one attached hydrogen (secondary N) is 2. The molecule has 4 N–H and O–H groups in total. The van der Waals surface area contributed by atoms with Crippen LogP contribution in [0.15, 0.2) is 30.9 Å². The number of pyridine rings is 1. The highest BCUT2D eigenvalue weighted by Crippen LogP contribution is 2.38. The fourth-order valence-corrected chi connectivity index (χ4v) is 3.50. The molecule has 10 nitrogen and oxygen atoms in total. The maximum absolute atomic E-state index is 8.83. The number of aromatic amines is 1. The van der Waals surface area contributed by atoms with Gasteiger partial charge >= 0.3 is 0 Å². The molecule has 154 valence electrons. The minimum absolute atomic E-state index is 0.0378. The molecule has 3 aromatic rings. The van der Waals surface area contributed by atoms with Crippen molar-refractivity contribution in [1.29, 1.82) is 5.26 Å². The van der Waals surface area contributed by atoms with E-state index in [-0.39, 0.29) is 17.8 Å². The fraction of sp³-hybridized carbons (Fsp3) is 0.350. The van der Waals surface area contributed by atoms with Crippen LogP contribution >= 0.6 is 0 Å². The number of rotatable bonds is 6. The Labute approximate surface area is 173 Å². The van der Waals surface area contributed by atoms with Crippen molar-refractivity contribution in [2.75, 3.05) is 12.4 Å². The van der Waals surface area contributed by atoms with Gasteiger partial charge < -0.3 is 20.5 Å². The molecule has 30 heavy (non-hydrogen) atoms. The number of nitrogens with two attached hydrogens (primary N) is 1. The van der Waals surface area contributed by atoms with E-state index in [2.05, 4.69) is 30.5 Å². The second kappa shape index (κ2) is 8.75. The molecule has 3 aromatic heterocycles. The van der Waals surface area contributed by atoms with E-state index in [0.29, 0.717) is 28.8 Å². The van der Waals surface area contributed by atoms with Crippen LogP contribution in [0.1, 0.15) is 31.4 Å². The van der Waals surface area contributed by atoms with Crippen molar-refractivity contribution in [3.63, 3.8) is 0 Å². The summed E-state index contributed by atoms with van der Waals surface area (Å²) < 4.78 is 11.8. The normalized spacial score (nSPS) is 18.4. The number of H-pyrrole nitrogens is 1. The molecule has 0 aliphatic heterocycles. The number of anilines is 2. The molecule has 10 heteroatoms. The maximum atomic E-state index is 8.83. The van der Waals surface area contributed by atoms with Gasteiger partial charge in [-0.25, -0.2) is 9.97 Å². The van der Waals surface area contributed by atoms with Crippen molar-refractivity contribution in [1.82, 2.24) is 25.1 Å². The van der Waals surface area contributed by atoms with E-state index < -0.39 is 0 Å². The highest BCUT2D eigenvalue weighted by atomic mass is 16.5. The summed E-state index contributed by atoms with van der Waals surface area (Å²) in [4.78, 5) is 12.4. The molecule has 4 rings (SSSR count). The minimum atomic E-state index is 0.0378. The van der Waals surface area contributed by atoms with Crippen LogP contribution in [0, 0.1) is 11.3 Å². The third kappa shape index (κ3) is 4.31. The zero-order valence-electron chi connectivity index (χ0n) is 16.5. The molecule has 1 fully saturated rings. The summed E-state index contributed by atoms with van der Waals surface area (Å²) >= 11 is 0. The molecule has 0 saturated heterocycles. The van der Waals surface area contributed by atoms with Crippen LogP contribution in [0.2, 0.25) is 0 Å². The van der Waals surface area contributed by atoms with Gasteiger partial charge in [0.25, 0.3) is 0 Å². The van der Waals surface area contributed by atoms with Crippen molar-refractivity contribution in [2.45, 2.75) is 37.8 Å². The lowest BCUT2D eigenvalue weighted by Crippen LogP contribution is -2.33. The van der Waals surface area contributed by atoms with Crippen molar-refractivity contribution in [3.8, 4) is 28.8 Å². The topological polar surface area (TPSA) is 148 Å². The summed E-state index contributed by atoms with van der Waals surface area (Å²) in [6, 6.07) is 3.91. The van der Waals surface area contributed by atoms with E-state index in [1.165, 1.54) is 12.4 Å². The zero-order valence-corrected chi connectivity index (χ0v) is 16.5. The summed E-state index contributed by atoms with van der Waals surface area (Å²) in [7, 11) is 1.59. The maximum Gasteiger partial charge on any atom is 0.158 e. The largest absolute Gasteiger partial charge is 0.494 e. The number of nitriles is 1. The van der Waals surface area contributed by atoms with Crippen LogP contribution in [-0.2, 0) is 0 Å². The Morgan fingerprint density at radius 3 is 2.77 bits per heavy atom. The van der Waals surface area contributed by atoms with Gasteiger partial charge in [-0.3, -0.25) is 10.1 Å². The van der Waals surface area contributed by atoms with Gasteiger partial charge in [-0.15, -0.1) is 0 Å². The number of nitrogens with zero attached hydrogens (tertiary/aromatic N) is 5. The molecular weight excluding hydrogens is 384 g/mol. The molecule has 2 atom stereocenters. The number of methoxy groups -OCH3 is 1. The Morgan fingerprint density at radius 2 is 2.03 bits per heavy atom. The van der Waals surface area contributed by atoms with E-state index in [9.17, 15) is 0 Å². The molecule has 0 amide bonds. The second-order valence-corrected chi connectivity index (χ2v) is 7.07. The Kier molecular flexibility index (Phi) is 5.72. The number of hydrogen-bond donors (Lipinski definition) is 3. The lowest BCUT2D eigenvalue weighted by atomic mass is 9.93. The van der Waals surface area contributed by atoms with Gasteiger partial charge in [-0.05, 0) is 25.7 Å². The average molecular weight is 406 g/mol. The zero-order chi connectivity index (χ0) is 20.9. The van der Waals surface area contributed by atoms with Gasteiger partial charge in [0.1, 0.15) is 23.7 Å². The van der Waals surface area contributed by atoms with Gasteiger partial charge in [-0.2, -0.15) is 10.4 Å². The van der Waals surface area contributed by atoms with E-state index in [1.54, 1.807) is 19.5 Å². The number of hydrogen-bond acceptors (Lipinski definition) is 9. The molecule has 0 spiro atoms. The molecule has 0 radical (unpaired) electrons. The third-order valence-corrected chi connectivity index (χ3v) is 4.93. The van der Waals surface area contributed by atoms with Gasteiger partial charge in [0.2, 0.25) is 0 Å². The van der Waals surface area contributed by atoms with Gasteiger partial charge in [0.15, 0.2) is 17.3 Å². The molecule has 1 aliphatic rings. The Balaban J connectivity index is 1.59. The fourth-order valence-electron chi connectivity index (χ4n) is 3.50. The van der Waals surface area contributed by atoms with Crippen LogP contribution in [-0.4, -0.2) is 44.4 Å². The monoisotopic (exact) mass is 406 g/mol. The number of ether oxygens (including phenoxy) is 2. The molecular formula is C20H22N8O2. The minimum Gasteiger partial charge on any atom is -0.494 e. The van der Waals surface area contributed by atoms with Crippen LogP contribution in [0.3, 0.4) is 0 Å². The summed E-state index contributed by atoms with van der Waals surface area (Å²) in [5.41, 5.74) is 7.79. The summed E-state index contributed by atoms with van der Waals surface area (Å²) in [5, 5.41) is 19.2. The van der Waals surface area contributed by atoms with Crippen LogP contribution < -0.4 is 20.5 Å². The highest BCUT2D eigenvalue weighted by molar-refractivity contribution is 5.75. The van der Waals surface area contributed by atoms with E-state index in [4.69, 9.17) is 20.5 Å². The average Bonchev–Trinajstić information content (AvgIpc) is 3.22. The summed E-state index contributed by atoms with van der Waals surface area (Å²) in [5.74, 6) is 2.19. The van der Waals surface area contributed by atoms with Gasteiger partial charge in [0.05, 0.1) is 43.2 Å². The first-order valence-electron chi connectivity index (χ1n) is 9.65. The van der Waals surface area contributed by atoms with Crippen molar-refractivity contribution in [3.05, 3.63) is 36.5 Å². The predicted molar refractivity (Wildman–Crippen MR) is 109 cm³/mol. The van der Waals surface area contributed by atoms with Crippen molar-refractivity contribution in [2.24, 2.45) is 5.73 Å². The standard InChI is InChI=1S/C20H22N8O2/c1-29-16-9-23-10-17(30-14-4-2-3-12(22)5-14)20(16)15-6-18(28-27-15)26-19-11-24-13(7-21)8-25-19/h6,8-12,14H,2-5,22H2,1H3,(H2,25,26,27,28)/t12-,14+/m0/s1. The molecule has 0 unspecified atom stereocenters. The third-order valence-electron chi connectivity index (χ3n) is 4.93. The number of aromatic nitrogens is 5. The van der Waals surface area contributed by atoms with Crippen LogP contribution in [0.5, 0.6) is 11.5 Å². The van der Waals surface area contributed by atoms with Crippen LogP contribution in [0.25, 0.3) is 11.3 Å². The highest BCUT2D eigenvalue weighted by Gasteiger charge is 2.24. The van der Waals surface area contributed by atoms with E-state index >= 15 is 0 Å². The lowest BCUT2D eigenvalue weighted by Gasteiger charge is -2.28. The molecule has 0 aromatic carbocycles. The predicted octanol–water partition coefficient (Wildman–Crippen LogP) is 2.53. The Hall–Kier alpha value is -3.71. The first kappa shape index (κ1) is 19.6. The molecule has 1 saturated carbocycles. The molecule has 0 bridgehead atoms. The van der Waals surface area contributed by atoms with Crippen LogP contribution in [0.4, 0.5) is 11.6 Å². The first-order valence-corrected chi connectivity index (χ1v) is 9.65. The summed E-state index contributed by atoms with van der Waals surface area (Å²) in [6.07, 6.45) is 10.0. The van der Waals surface area contributed by atoms with Gasteiger partial charge in [-0.1, -0.05) is 0 Å². The van der Waals surface area contributed by atoms with Crippen molar-refractivity contribution < 1.29 is 9.47 Å². The van der Waals surface area contributed by atoms with Crippen molar-refractivity contribution >= 4 is 11.6 Å². The molecule has 1 aliphatic carbocycles. The summed E-state index contributed by atoms with van der Waals surface area (Å²) in [6.45, 7) is 0. The van der Waals surface area contributed by atoms with E-state index in [1.807, 2.05) is 12.1 Å². The quantitative estimate of drug-likeness (QED) is 0.561. The second-order valence-electron chi connectivity index (χ2n) is 7.07. The Bertz CT molecular complexity index is 1040. The smallest absolute Gasteiger partial charge is 0.158 e. The first-order chi connectivity index (χ1) is 14.7.